The Hall–Kier alpha value is -0.990. The molecule has 0 radical (unpaired) electrons. The zero-order chi connectivity index (χ0) is 11.0. The van der Waals surface area contributed by atoms with Gasteiger partial charge in [-0.2, -0.15) is 17.9 Å². The molecule has 1 aliphatic heterocycles. The van der Waals surface area contributed by atoms with Crippen molar-refractivity contribution in [3.05, 3.63) is 16.5 Å². The van der Waals surface area contributed by atoms with Crippen LogP contribution in [0.2, 0.25) is 0 Å². The topological polar surface area (TPSA) is 44.1 Å². The predicted octanol–water partition coefficient (Wildman–Crippen LogP) is 1.96. The van der Waals surface area contributed by atoms with Gasteiger partial charge in [0.15, 0.2) is 0 Å². The van der Waals surface area contributed by atoms with Gasteiger partial charge in [-0.3, -0.25) is 4.79 Å². The van der Waals surface area contributed by atoms with Crippen molar-refractivity contribution < 1.29 is 4.79 Å². The molecular weight excluding hydrogens is 228 g/mol. The lowest BCUT2D eigenvalue weighted by molar-refractivity contribution is -0.116. The third-order valence-electron chi connectivity index (χ3n) is 2.31. The van der Waals surface area contributed by atoms with Crippen LogP contribution in [0, 0.1) is 18.3 Å². The number of aryl methyl sites for hydroxylation is 1. The zero-order valence-corrected chi connectivity index (χ0v) is 9.94. The molecule has 0 spiro atoms. The second kappa shape index (κ2) is 3.87. The van der Waals surface area contributed by atoms with Crippen molar-refractivity contribution in [1.29, 1.82) is 5.26 Å². The van der Waals surface area contributed by atoms with Crippen LogP contribution in [0.15, 0.2) is 6.07 Å². The molecule has 1 atom stereocenters. The zero-order valence-electron chi connectivity index (χ0n) is 8.23. The van der Waals surface area contributed by atoms with Gasteiger partial charge >= 0.3 is 0 Å². The summed E-state index contributed by atoms with van der Waals surface area (Å²) < 4.78 is 0. The SMILES string of the molecule is Cc1cc(C#N)c(N2CC(S)CC2=O)s1. The van der Waals surface area contributed by atoms with Gasteiger partial charge < -0.3 is 4.90 Å². The largest absolute Gasteiger partial charge is 0.302 e. The molecule has 0 aromatic carbocycles. The van der Waals surface area contributed by atoms with Crippen molar-refractivity contribution >= 4 is 34.9 Å². The maximum Gasteiger partial charge on any atom is 0.228 e. The molecule has 1 fully saturated rings. The molecule has 1 aliphatic rings. The van der Waals surface area contributed by atoms with Crippen LogP contribution in [0.5, 0.6) is 0 Å². The summed E-state index contributed by atoms with van der Waals surface area (Å²) in [6.07, 6.45) is 0.463. The summed E-state index contributed by atoms with van der Waals surface area (Å²) in [5, 5.41) is 9.81. The summed E-state index contributed by atoms with van der Waals surface area (Å²) >= 11 is 5.78. The number of carbonyl (C=O) groups is 1. The average Bonchev–Trinajstić information content (AvgIpc) is 2.69. The van der Waals surface area contributed by atoms with Crippen LogP contribution in [0.25, 0.3) is 0 Å². The van der Waals surface area contributed by atoms with Crippen LogP contribution in [0.3, 0.4) is 0 Å². The van der Waals surface area contributed by atoms with Gasteiger partial charge in [-0.05, 0) is 13.0 Å². The highest BCUT2D eigenvalue weighted by molar-refractivity contribution is 7.81. The Morgan fingerprint density at radius 3 is 3.00 bits per heavy atom. The maximum atomic E-state index is 11.6. The van der Waals surface area contributed by atoms with Crippen LogP contribution in [0.4, 0.5) is 5.00 Å². The van der Waals surface area contributed by atoms with Crippen molar-refractivity contribution in [3.8, 4) is 6.07 Å². The Bertz CT molecular complexity index is 447. The van der Waals surface area contributed by atoms with Gasteiger partial charge in [-0.1, -0.05) is 0 Å². The number of nitriles is 1. The molecule has 0 N–H and O–H groups in total. The molecule has 2 heterocycles. The summed E-state index contributed by atoms with van der Waals surface area (Å²) in [7, 11) is 0. The second-order valence-corrected chi connectivity index (χ2v) is 5.52. The highest BCUT2D eigenvalue weighted by atomic mass is 32.1. The van der Waals surface area contributed by atoms with E-state index in [1.165, 1.54) is 11.3 Å². The van der Waals surface area contributed by atoms with E-state index >= 15 is 0 Å². The van der Waals surface area contributed by atoms with Gasteiger partial charge in [0.05, 0.1) is 5.56 Å². The Labute approximate surface area is 97.7 Å². The van der Waals surface area contributed by atoms with E-state index in [9.17, 15) is 4.79 Å². The minimum atomic E-state index is 0.0633. The lowest BCUT2D eigenvalue weighted by Gasteiger charge is -2.13. The van der Waals surface area contributed by atoms with E-state index in [-0.39, 0.29) is 11.2 Å². The van der Waals surface area contributed by atoms with Gasteiger partial charge in [-0.15, -0.1) is 11.3 Å². The Kier molecular flexibility index (Phi) is 2.72. The molecule has 78 valence electrons. The molecule has 3 nitrogen and oxygen atoms in total. The summed E-state index contributed by atoms with van der Waals surface area (Å²) in [5.74, 6) is 0.0633. The highest BCUT2D eigenvalue weighted by Crippen LogP contribution is 2.34. The first kappa shape index (κ1) is 10.5. The van der Waals surface area contributed by atoms with Gasteiger partial charge in [0.25, 0.3) is 0 Å². The highest BCUT2D eigenvalue weighted by Gasteiger charge is 2.30. The predicted molar refractivity (Wildman–Crippen MR) is 63.5 cm³/mol. The van der Waals surface area contributed by atoms with E-state index in [0.29, 0.717) is 18.5 Å². The molecule has 5 heteroatoms. The minimum Gasteiger partial charge on any atom is -0.302 e. The lowest BCUT2D eigenvalue weighted by Crippen LogP contribution is -2.24. The van der Waals surface area contributed by atoms with E-state index in [0.717, 1.165) is 9.88 Å². The smallest absolute Gasteiger partial charge is 0.228 e. The van der Waals surface area contributed by atoms with E-state index in [1.807, 2.05) is 13.0 Å². The molecule has 1 aromatic heterocycles. The molecule has 15 heavy (non-hydrogen) atoms. The Morgan fingerprint density at radius 1 is 1.73 bits per heavy atom. The van der Waals surface area contributed by atoms with Crippen molar-refractivity contribution in [3.63, 3.8) is 0 Å². The summed E-state index contributed by atoms with van der Waals surface area (Å²) in [6.45, 7) is 2.55. The molecule has 2 rings (SSSR count). The standard InChI is InChI=1S/C10H10N2OS2/c1-6-2-7(4-11)10(15-6)12-5-8(14)3-9(12)13/h2,8,14H,3,5H2,1H3. The lowest BCUT2D eigenvalue weighted by atomic mass is 10.3. The number of hydrogen-bond acceptors (Lipinski definition) is 4. The van der Waals surface area contributed by atoms with Crippen molar-refractivity contribution in [1.82, 2.24) is 0 Å². The van der Waals surface area contributed by atoms with Crippen molar-refractivity contribution in [2.75, 3.05) is 11.4 Å². The minimum absolute atomic E-state index is 0.0633. The summed E-state index contributed by atoms with van der Waals surface area (Å²) in [6, 6.07) is 3.94. The number of nitrogens with zero attached hydrogens (tertiary/aromatic N) is 2. The maximum absolute atomic E-state index is 11.6. The van der Waals surface area contributed by atoms with Crippen molar-refractivity contribution in [2.24, 2.45) is 0 Å². The third-order valence-corrected chi connectivity index (χ3v) is 3.73. The number of hydrogen-bond donors (Lipinski definition) is 1. The number of amides is 1. The molecule has 0 aliphatic carbocycles. The van der Waals surface area contributed by atoms with Gasteiger partial charge in [0.2, 0.25) is 5.91 Å². The van der Waals surface area contributed by atoms with Crippen LogP contribution >= 0.6 is 24.0 Å². The van der Waals surface area contributed by atoms with Gasteiger partial charge in [0, 0.05) is 23.1 Å². The summed E-state index contributed by atoms with van der Waals surface area (Å²) in [4.78, 5) is 14.4. The van der Waals surface area contributed by atoms with Crippen molar-refractivity contribution in [2.45, 2.75) is 18.6 Å². The van der Waals surface area contributed by atoms with E-state index in [4.69, 9.17) is 5.26 Å². The molecule has 1 saturated heterocycles. The summed E-state index contributed by atoms with van der Waals surface area (Å²) in [5.41, 5.74) is 0.591. The number of thiophene rings is 1. The Balaban J connectivity index is 2.38. The quantitative estimate of drug-likeness (QED) is 0.760. The normalized spacial score (nSPS) is 20.7. The fourth-order valence-electron chi connectivity index (χ4n) is 1.67. The molecule has 1 aromatic rings. The van der Waals surface area contributed by atoms with E-state index < -0.39 is 0 Å². The fraction of sp³-hybridized carbons (Fsp3) is 0.400. The first-order valence-electron chi connectivity index (χ1n) is 4.61. The fourth-order valence-corrected chi connectivity index (χ4v) is 2.97. The number of rotatable bonds is 1. The third kappa shape index (κ3) is 1.87. The molecule has 1 amide bonds. The van der Waals surface area contributed by atoms with Crippen LogP contribution in [0.1, 0.15) is 16.9 Å². The van der Waals surface area contributed by atoms with E-state index in [2.05, 4.69) is 18.7 Å². The second-order valence-electron chi connectivity index (χ2n) is 3.55. The van der Waals surface area contributed by atoms with Crippen LogP contribution in [-0.4, -0.2) is 17.7 Å². The first-order chi connectivity index (χ1) is 7.11. The Morgan fingerprint density at radius 2 is 2.47 bits per heavy atom. The number of anilines is 1. The van der Waals surface area contributed by atoms with Crippen LogP contribution < -0.4 is 4.90 Å². The number of thiol groups is 1. The van der Waals surface area contributed by atoms with Crippen LogP contribution in [-0.2, 0) is 4.79 Å². The molecule has 0 saturated carbocycles. The number of carbonyl (C=O) groups excluding carboxylic acids is 1. The molecular formula is C10H10N2OS2. The molecule has 1 unspecified atom stereocenters. The average molecular weight is 238 g/mol. The van der Waals surface area contributed by atoms with Gasteiger partial charge in [0.1, 0.15) is 11.1 Å². The molecule has 0 bridgehead atoms. The monoisotopic (exact) mass is 238 g/mol. The van der Waals surface area contributed by atoms with Gasteiger partial charge in [-0.25, -0.2) is 0 Å². The van der Waals surface area contributed by atoms with E-state index in [1.54, 1.807) is 4.90 Å². The first-order valence-corrected chi connectivity index (χ1v) is 5.94.